The van der Waals surface area contributed by atoms with Gasteiger partial charge in [0.2, 0.25) is 0 Å². The highest BCUT2D eigenvalue weighted by Gasteiger charge is 2.18. The fourth-order valence-corrected chi connectivity index (χ4v) is 2.49. The van der Waals surface area contributed by atoms with Crippen LogP contribution in [0.25, 0.3) is 10.8 Å². The van der Waals surface area contributed by atoms with E-state index in [0.717, 1.165) is 4.68 Å². The zero-order valence-electron chi connectivity index (χ0n) is 11.6. The number of aryl methyl sites for hydroxylation is 1. The van der Waals surface area contributed by atoms with Crippen molar-refractivity contribution in [2.24, 2.45) is 7.05 Å². The summed E-state index contributed by atoms with van der Waals surface area (Å²) in [5.41, 5.74) is -0.151. The van der Waals surface area contributed by atoms with Crippen molar-refractivity contribution >= 4 is 32.7 Å². The normalized spacial score (nSPS) is 10.6. The quantitative estimate of drug-likeness (QED) is 0.522. The lowest BCUT2D eigenvalue weighted by Gasteiger charge is -2.09. The Hall–Kier alpha value is -2.47. The molecule has 0 spiro atoms. The Labute approximate surface area is 134 Å². The molecule has 6 heteroatoms. The van der Waals surface area contributed by atoms with E-state index >= 15 is 0 Å². The summed E-state index contributed by atoms with van der Waals surface area (Å²) < 4.78 is 7.17. The lowest BCUT2D eigenvalue weighted by molar-refractivity contribution is 0.0727. The topological polar surface area (TPSA) is 61.2 Å². The van der Waals surface area contributed by atoms with Crippen molar-refractivity contribution in [3.63, 3.8) is 0 Å². The van der Waals surface area contributed by atoms with E-state index in [1.165, 1.54) is 7.05 Å². The number of carbonyl (C=O) groups excluding carboxylic acids is 1. The van der Waals surface area contributed by atoms with Gasteiger partial charge < -0.3 is 4.74 Å². The van der Waals surface area contributed by atoms with Gasteiger partial charge in [0.05, 0.1) is 9.86 Å². The molecule has 0 aliphatic heterocycles. The molecule has 0 bridgehead atoms. The van der Waals surface area contributed by atoms with Gasteiger partial charge in [-0.2, -0.15) is 5.10 Å². The minimum atomic E-state index is -0.612. The summed E-state index contributed by atoms with van der Waals surface area (Å²) in [7, 11) is 1.50. The van der Waals surface area contributed by atoms with E-state index in [-0.39, 0.29) is 11.3 Å². The van der Waals surface area contributed by atoms with Gasteiger partial charge in [0.15, 0.2) is 5.69 Å². The van der Waals surface area contributed by atoms with Crippen LogP contribution in [0, 0.1) is 0 Å². The minimum Gasteiger partial charge on any atom is -0.421 e. The second-order valence-electron chi connectivity index (χ2n) is 4.64. The fourth-order valence-electron chi connectivity index (χ4n) is 2.13. The molecule has 0 amide bonds. The first kappa shape index (κ1) is 14.5. The molecular formula is C16H11BrN2O3. The number of hydrogen-bond donors (Lipinski definition) is 0. The van der Waals surface area contributed by atoms with E-state index in [1.54, 1.807) is 42.5 Å². The van der Waals surface area contributed by atoms with Crippen molar-refractivity contribution in [2.75, 3.05) is 0 Å². The van der Waals surface area contributed by atoms with Gasteiger partial charge in [0.25, 0.3) is 5.56 Å². The van der Waals surface area contributed by atoms with Crippen LogP contribution in [-0.2, 0) is 7.05 Å². The number of rotatable bonds is 2. The van der Waals surface area contributed by atoms with Crippen LogP contribution >= 0.6 is 15.9 Å². The summed E-state index contributed by atoms with van der Waals surface area (Å²) in [5.74, 6) is -0.217. The third kappa shape index (κ3) is 2.53. The SMILES string of the molecule is Cn1nc(C(=O)Oc2ccccc2Br)c2ccccc2c1=O. The zero-order valence-corrected chi connectivity index (χ0v) is 13.2. The van der Waals surface area contributed by atoms with E-state index in [0.29, 0.717) is 21.0 Å². The molecule has 0 radical (unpaired) electrons. The second kappa shape index (κ2) is 5.73. The molecule has 1 heterocycles. The van der Waals surface area contributed by atoms with Crippen LogP contribution in [0.3, 0.4) is 0 Å². The first-order chi connectivity index (χ1) is 10.6. The Morgan fingerprint density at radius 3 is 2.45 bits per heavy atom. The lowest BCUT2D eigenvalue weighted by Crippen LogP contribution is -2.24. The number of fused-ring (bicyclic) bond motifs is 1. The standard InChI is InChI=1S/C16H11BrN2O3/c1-19-15(20)11-7-3-2-6-10(11)14(18-19)16(21)22-13-9-5-4-8-12(13)17/h2-9H,1H3. The summed E-state index contributed by atoms with van der Waals surface area (Å²) in [5, 5.41) is 4.95. The Bertz CT molecular complexity index is 934. The van der Waals surface area contributed by atoms with Gasteiger partial charge in [-0.15, -0.1) is 0 Å². The molecule has 1 aromatic heterocycles. The van der Waals surface area contributed by atoms with Gasteiger partial charge in [0.1, 0.15) is 5.75 Å². The molecule has 3 aromatic rings. The molecule has 0 aliphatic carbocycles. The molecule has 0 saturated heterocycles. The number of para-hydroxylation sites is 1. The third-order valence-corrected chi connectivity index (χ3v) is 3.84. The largest absolute Gasteiger partial charge is 0.421 e. The summed E-state index contributed by atoms with van der Waals surface area (Å²) >= 11 is 3.32. The molecule has 0 unspecified atom stereocenters. The van der Waals surface area contributed by atoms with Crippen molar-refractivity contribution < 1.29 is 9.53 Å². The molecule has 5 nitrogen and oxygen atoms in total. The average Bonchev–Trinajstić information content (AvgIpc) is 2.53. The Kier molecular flexibility index (Phi) is 3.77. The maximum Gasteiger partial charge on any atom is 0.364 e. The fraction of sp³-hybridized carbons (Fsp3) is 0.0625. The minimum absolute atomic E-state index is 0.105. The van der Waals surface area contributed by atoms with Crippen LogP contribution in [0.1, 0.15) is 10.5 Å². The summed E-state index contributed by atoms with van der Waals surface area (Å²) in [4.78, 5) is 24.5. The number of aromatic nitrogens is 2. The van der Waals surface area contributed by atoms with Crippen LogP contribution in [0.4, 0.5) is 0 Å². The molecule has 2 aromatic carbocycles. The van der Waals surface area contributed by atoms with Gasteiger partial charge in [-0.25, -0.2) is 9.48 Å². The molecular weight excluding hydrogens is 348 g/mol. The first-order valence-electron chi connectivity index (χ1n) is 6.50. The van der Waals surface area contributed by atoms with E-state index < -0.39 is 5.97 Å². The molecule has 0 atom stereocenters. The number of benzene rings is 2. The average molecular weight is 359 g/mol. The number of nitrogens with zero attached hydrogens (tertiary/aromatic N) is 2. The van der Waals surface area contributed by atoms with Crippen LogP contribution in [0.2, 0.25) is 0 Å². The maximum absolute atomic E-state index is 12.4. The number of hydrogen-bond acceptors (Lipinski definition) is 4. The van der Waals surface area contributed by atoms with Crippen molar-refractivity contribution in [2.45, 2.75) is 0 Å². The van der Waals surface area contributed by atoms with Crippen molar-refractivity contribution in [1.82, 2.24) is 9.78 Å². The second-order valence-corrected chi connectivity index (χ2v) is 5.50. The molecule has 110 valence electrons. The van der Waals surface area contributed by atoms with Gasteiger partial charge in [-0.05, 0) is 34.1 Å². The van der Waals surface area contributed by atoms with Crippen LogP contribution in [0.5, 0.6) is 5.75 Å². The predicted octanol–water partition coefficient (Wildman–Crippen LogP) is 2.92. The van der Waals surface area contributed by atoms with Crippen LogP contribution < -0.4 is 10.3 Å². The highest BCUT2D eigenvalue weighted by atomic mass is 79.9. The van der Waals surface area contributed by atoms with Crippen molar-refractivity contribution in [3.8, 4) is 5.75 Å². The van der Waals surface area contributed by atoms with Crippen LogP contribution in [0.15, 0.2) is 57.8 Å². The zero-order chi connectivity index (χ0) is 15.7. The Morgan fingerprint density at radius 1 is 1.09 bits per heavy atom. The number of esters is 1. The smallest absolute Gasteiger partial charge is 0.364 e. The monoisotopic (exact) mass is 358 g/mol. The number of carbonyl (C=O) groups is 1. The molecule has 0 saturated carbocycles. The van der Waals surface area contributed by atoms with Gasteiger partial charge in [-0.3, -0.25) is 4.79 Å². The van der Waals surface area contributed by atoms with E-state index in [2.05, 4.69) is 21.0 Å². The Morgan fingerprint density at radius 2 is 1.73 bits per heavy atom. The molecule has 0 aliphatic rings. The van der Waals surface area contributed by atoms with Crippen molar-refractivity contribution in [3.05, 3.63) is 69.1 Å². The van der Waals surface area contributed by atoms with E-state index in [1.807, 2.05) is 6.07 Å². The number of ether oxygens (including phenoxy) is 1. The van der Waals surface area contributed by atoms with Gasteiger partial charge >= 0.3 is 5.97 Å². The lowest BCUT2D eigenvalue weighted by atomic mass is 10.1. The van der Waals surface area contributed by atoms with Crippen molar-refractivity contribution in [1.29, 1.82) is 0 Å². The van der Waals surface area contributed by atoms with E-state index in [4.69, 9.17) is 4.74 Å². The highest BCUT2D eigenvalue weighted by Crippen LogP contribution is 2.25. The van der Waals surface area contributed by atoms with E-state index in [9.17, 15) is 9.59 Å². The number of halogens is 1. The van der Waals surface area contributed by atoms with Crippen LogP contribution in [-0.4, -0.2) is 15.7 Å². The molecule has 0 N–H and O–H groups in total. The first-order valence-corrected chi connectivity index (χ1v) is 7.30. The maximum atomic E-state index is 12.4. The molecule has 3 rings (SSSR count). The summed E-state index contributed by atoms with van der Waals surface area (Å²) in [6.45, 7) is 0. The summed E-state index contributed by atoms with van der Waals surface area (Å²) in [6, 6.07) is 13.9. The van der Waals surface area contributed by atoms with Gasteiger partial charge in [0, 0.05) is 12.4 Å². The highest BCUT2D eigenvalue weighted by molar-refractivity contribution is 9.10. The Balaban J connectivity index is 2.11. The molecule has 0 fully saturated rings. The predicted molar refractivity (Wildman–Crippen MR) is 86.1 cm³/mol. The van der Waals surface area contributed by atoms with Gasteiger partial charge in [-0.1, -0.05) is 30.3 Å². The summed E-state index contributed by atoms with van der Waals surface area (Å²) in [6.07, 6.45) is 0. The third-order valence-electron chi connectivity index (χ3n) is 3.19. The molecule has 22 heavy (non-hydrogen) atoms.